The number of unbranched alkanes of at least 4 members (excludes halogenated alkanes) is 1. The normalized spacial score (nSPS) is 11.3. The van der Waals surface area contributed by atoms with E-state index in [1.165, 1.54) is 0 Å². The Bertz CT molecular complexity index is 931. The van der Waals surface area contributed by atoms with E-state index in [9.17, 15) is 0 Å². The number of fused-ring (bicyclic) bond motifs is 1. The van der Waals surface area contributed by atoms with Crippen molar-refractivity contribution in [3.05, 3.63) is 42.6 Å². The van der Waals surface area contributed by atoms with Gasteiger partial charge in [0.05, 0.1) is 6.20 Å². The van der Waals surface area contributed by atoms with E-state index >= 15 is 0 Å². The Labute approximate surface area is 132 Å². The molecule has 0 unspecified atom stereocenters. The van der Waals surface area contributed by atoms with Crippen LogP contribution in [0.5, 0.6) is 0 Å². The van der Waals surface area contributed by atoms with Crippen molar-refractivity contribution in [2.45, 2.75) is 26.2 Å². The molecule has 0 saturated heterocycles. The Balaban J connectivity index is 1.71. The van der Waals surface area contributed by atoms with Crippen LogP contribution >= 0.6 is 0 Å². The molecule has 0 aliphatic rings. The van der Waals surface area contributed by atoms with Crippen LogP contribution in [0, 0.1) is 0 Å². The maximum absolute atomic E-state index is 4.47. The monoisotopic (exact) mass is 307 g/mol. The fourth-order valence-electron chi connectivity index (χ4n) is 2.64. The smallest absolute Gasteiger partial charge is 0.162 e. The molecule has 0 radical (unpaired) electrons. The van der Waals surface area contributed by atoms with E-state index < -0.39 is 0 Å². The average molecular weight is 307 g/mol. The van der Waals surface area contributed by atoms with Crippen molar-refractivity contribution in [1.82, 2.24) is 34.9 Å². The Morgan fingerprint density at radius 2 is 2.04 bits per heavy atom. The third kappa shape index (κ3) is 2.50. The molecule has 3 heterocycles. The van der Waals surface area contributed by atoms with Gasteiger partial charge in [-0.15, -0.1) is 0 Å². The number of imidazole rings is 2. The number of H-pyrrole nitrogens is 2. The van der Waals surface area contributed by atoms with Gasteiger partial charge in [0, 0.05) is 24.5 Å². The quantitative estimate of drug-likeness (QED) is 0.593. The zero-order valence-electron chi connectivity index (χ0n) is 12.8. The van der Waals surface area contributed by atoms with Crippen molar-refractivity contribution in [2.75, 3.05) is 0 Å². The van der Waals surface area contributed by atoms with Gasteiger partial charge in [-0.1, -0.05) is 13.3 Å². The molecule has 1 aromatic carbocycles. The van der Waals surface area contributed by atoms with Crippen molar-refractivity contribution in [3.63, 3.8) is 0 Å². The molecular weight excluding hydrogens is 290 g/mol. The topological polar surface area (TPSA) is 88.1 Å². The molecule has 23 heavy (non-hydrogen) atoms. The molecule has 0 fully saturated rings. The number of aryl methyl sites for hydroxylation is 1. The fraction of sp³-hybridized carbons (Fsp3) is 0.250. The van der Waals surface area contributed by atoms with Crippen LogP contribution in [-0.4, -0.2) is 34.9 Å². The average Bonchev–Trinajstić information content (AvgIpc) is 3.30. The molecular formula is C16H17N7. The van der Waals surface area contributed by atoms with Crippen LogP contribution in [0.4, 0.5) is 0 Å². The Morgan fingerprint density at radius 3 is 2.96 bits per heavy atom. The fourth-order valence-corrected chi connectivity index (χ4v) is 2.64. The first kappa shape index (κ1) is 13.7. The Kier molecular flexibility index (Phi) is 3.38. The number of rotatable bonds is 5. The largest absolute Gasteiger partial charge is 0.339 e. The number of benzene rings is 1. The molecule has 0 aliphatic carbocycles. The first-order valence-electron chi connectivity index (χ1n) is 7.73. The molecule has 4 aromatic rings. The molecule has 4 rings (SSSR count). The van der Waals surface area contributed by atoms with Gasteiger partial charge in [0.2, 0.25) is 0 Å². The van der Waals surface area contributed by atoms with Crippen molar-refractivity contribution in [1.29, 1.82) is 0 Å². The van der Waals surface area contributed by atoms with Crippen LogP contribution in [0.3, 0.4) is 0 Å². The lowest BCUT2D eigenvalue weighted by Gasteiger charge is -2.06. The molecule has 0 spiro atoms. The van der Waals surface area contributed by atoms with Gasteiger partial charge in [0.15, 0.2) is 5.82 Å². The molecule has 0 bridgehead atoms. The maximum Gasteiger partial charge on any atom is 0.162 e. The van der Waals surface area contributed by atoms with E-state index in [4.69, 9.17) is 0 Å². The second-order valence-electron chi connectivity index (χ2n) is 5.46. The highest BCUT2D eigenvalue weighted by Gasteiger charge is 2.11. The van der Waals surface area contributed by atoms with Crippen molar-refractivity contribution in [2.24, 2.45) is 0 Å². The van der Waals surface area contributed by atoms with Crippen LogP contribution in [0.25, 0.3) is 28.2 Å². The molecule has 3 aromatic heterocycles. The third-order valence-electron chi connectivity index (χ3n) is 3.86. The summed E-state index contributed by atoms with van der Waals surface area (Å²) in [5.41, 5.74) is 3.58. The highest BCUT2D eigenvalue weighted by molar-refractivity contribution is 5.76. The van der Waals surface area contributed by atoms with Crippen LogP contribution in [0.15, 0.2) is 36.8 Å². The van der Waals surface area contributed by atoms with Crippen molar-refractivity contribution < 1.29 is 0 Å². The predicted octanol–water partition coefficient (Wildman–Crippen LogP) is 2.88. The molecule has 0 aliphatic heterocycles. The number of nitrogens with zero attached hydrogens (tertiary/aromatic N) is 5. The molecule has 7 heteroatoms. The standard InChI is InChI=1S/C16H17N7/c1-2-3-4-15-18-10-14(19-15)16-17-7-8-23(16)11-5-6-12-13(9-11)21-22-20-12/h5-10H,2-4H2,1H3,(H,18,19)(H,20,21,22). The van der Waals surface area contributed by atoms with E-state index in [1.54, 1.807) is 6.20 Å². The number of nitrogens with one attached hydrogen (secondary N) is 2. The van der Waals surface area contributed by atoms with E-state index in [-0.39, 0.29) is 0 Å². The molecule has 116 valence electrons. The minimum Gasteiger partial charge on any atom is -0.339 e. The van der Waals surface area contributed by atoms with Crippen LogP contribution < -0.4 is 0 Å². The summed E-state index contributed by atoms with van der Waals surface area (Å²) in [4.78, 5) is 12.3. The highest BCUT2D eigenvalue weighted by atomic mass is 15.3. The number of aromatic amines is 2. The van der Waals surface area contributed by atoms with Crippen LogP contribution in [-0.2, 0) is 6.42 Å². The van der Waals surface area contributed by atoms with Gasteiger partial charge < -0.3 is 4.98 Å². The van der Waals surface area contributed by atoms with Gasteiger partial charge >= 0.3 is 0 Å². The van der Waals surface area contributed by atoms with E-state index in [0.717, 1.165) is 53.3 Å². The third-order valence-corrected chi connectivity index (χ3v) is 3.86. The summed E-state index contributed by atoms with van der Waals surface area (Å²) in [6.07, 6.45) is 8.81. The summed E-state index contributed by atoms with van der Waals surface area (Å²) in [6, 6.07) is 5.93. The first-order chi connectivity index (χ1) is 11.3. The number of hydrogen-bond donors (Lipinski definition) is 2. The van der Waals surface area contributed by atoms with Gasteiger partial charge in [-0.2, -0.15) is 15.4 Å². The lowest BCUT2D eigenvalue weighted by Crippen LogP contribution is -1.97. The zero-order valence-corrected chi connectivity index (χ0v) is 12.8. The molecule has 0 amide bonds. The summed E-state index contributed by atoms with van der Waals surface area (Å²) in [5, 5.41) is 10.9. The van der Waals surface area contributed by atoms with Gasteiger partial charge in [0.1, 0.15) is 22.6 Å². The lowest BCUT2D eigenvalue weighted by molar-refractivity contribution is 0.762. The Morgan fingerprint density at radius 1 is 1.13 bits per heavy atom. The van der Waals surface area contributed by atoms with E-state index in [1.807, 2.05) is 35.2 Å². The molecule has 0 saturated carbocycles. The minimum absolute atomic E-state index is 0.829. The zero-order chi connectivity index (χ0) is 15.6. The van der Waals surface area contributed by atoms with Crippen LogP contribution in [0.1, 0.15) is 25.6 Å². The van der Waals surface area contributed by atoms with Crippen LogP contribution in [0.2, 0.25) is 0 Å². The molecule has 2 N–H and O–H groups in total. The second kappa shape index (κ2) is 5.68. The predicted molar refractivity (Wildman–Crippen MR) is 87.2 cm³/mol. The van der Waals surface area contributed by atoms with E-state index in [0.29, 0.717) is 0 Å². The molecule has 7 nitrogen and oxygen atoms in total. The maximum atomic E-state index is 4.47. The minimum atomic E-state index is 0.829. The lowest BCUT2D eigenvalue weighted by atomic mass is 10.2. The first-order valence-corrected chi connectivity index (χ1v) is 7.73. The summed E-state index contributed by atoms with van der Waals surface area (Å²) < 4.78 is 2.02. The van der Waals surface area contributed by atoms with Crippen molar-refractivity contribution >= 4 is 11.0 Å². The number of aromatic nitrogens is 7. The number of hydrogen-bond acceptors (Lipinski definition) is 4. The summed E-state index contributed by atoms with van der Waals surface area (Å²) in [7, 11) is 0. The van der Waals surface area contributed by atoms with Crippen molar-refractivity contribution in [3.8, 4) is 17.2 Å². The van der Waals surface area contributed by atoms with E-state index in [2.05, 4.69) is 37.3 Å². The highest BCUT2D eigenvalue weighted by Crippen LogP contribution is 2.22. The molecule has 0 atom stereocenters. The summed E-state index contributed by atoms with van der Waals surface area (Å²) >= 11 is 0. The van der Waals surface area contributed by atoms with Gasteiger partial charge in [-0.25, -0.2) is 9.97 Å². The van der Waals surface area contributed by atoms with Gasteiger partial charge in [0.25, 0.3) is 0 Å². The summed E-state index contributed by atoms with van der Waals surface area (Å²) in [6.45, 7) is 2.18. The summed E-state index contributed by atoms with van der Waals surface area (Å²) in [5.74, 6) is 1.84. The van der Waals surface area contributed by atoms with Gasteiger partial charge in [-0.3, -0.25) is 4.57 Å². The SMILES string of the molecule is CCCCc1ncc(-c2nccn2-c2ccc3n[nH]nc3c2)[nH]1. The second-order valence-corrected chi connectivity index (χ2v) is 5.46. The Hall–Kier alpha value is -2.96. The van der Waals surface area contributed by atoms with Gasteiger partial charge in [-0.05, 0) is 24.6 Å².